The number of hydrogen-bond acceptors (Lipinski definition) is 3. The van der Waals surface area contributed by atoms with Crippen molar-refractivity contribution in [1.29, 1.82) is 0 Å². The predicted octanol–water partition coefficient (Wildman–Crippen LogP) is 3.14. The minimum absolute atomic E-state index is 0.152. The Morgan fingerprint density at radius 1 is 1.14 bits per heavy atom. The van der Waals surface area contributed by atoms with Crippen molar-refractivity contribution < 1.29 is 17.6 Å². The van der Waals surface area contributed by atoms with Crippen LogP contribution >= 0.6 is 0 Å². The first-order valence-corrected chi connectivity index (χ1v) is 7.68. The second-order valence-corrected chi connectivity index (χ2v) is 6.27. The zero-order valence-corrected chi connectivity index (χ0v) is 12.4. The Labute approximate surface area is 122 Å². The van der Waals surface area contributed by atoms with Crippen LogP contribution in [0.5, 0.6) is 0 Å². The maximum Gasteiger partial charge on any atom is 0.262 e. The van der Waals surface area contributed by atoms with Gasteiger partial charge in [0.15, 0.2) is 5.78 Å². The lowest BCUT2D eigenvalue weighted by molar-refractivity contribution is 0.101. The van der Waals surface area contributed by atoms with Crippen LogP contribution in [0.15, 0.2) is 47.4 Å². The Kier molecular flexibility index (Phi) is 4.09. The highest BCUT2D eigenvalue weighted by Crippen LogP contribution is 2.23. The van der Waals surface area contributed by atoms with Crippen molar-refractivity contribution in [2.75, 3.05) is 4.72 Å². The van der Waals surface area contributed by atoms with Gasteiger partial charge in [0.1, 0.15) is 5.82 Å². The number of Topliss-reactive ketones (excluding diaryl/α,β-unsaturated/α-hetero) is 1. The van der Waals surface area contributed by atoms with Gasteiger partial charge in [0.2, 0.25) is 0 Å². The van der Waals surface area contributed by atoms with Gasteiger partial charge in [0.05, 0.1) is 10.6 Å². The van der Waals surface area contributed by atoms with Gasteiger partial charge in [-0.2, -0.15) is 0 Å². The van der Waals surface area contributed by atoms with E-state index < -0.39 is 15.8 Å². The lowest BCUT2D eigenvalue weighted by Gasteiger charge is -2.12. The van der Waals surface area contributed by atoms with Gasteiger partial charge in [-0.25, -0.2) is 12.8 Å². The van der Waals surface area contributed by atoms with Crippen molar-refractivity contribution in [1.82, 2.24) is 0 Å². The minimum Gasteiger partial charge on any atom is -0.294 e. The molecular weight excluding hydrogens is 293 g/mol. The molecule has 0 unspecified atom stereocenters. The number of ketones is 1. The topological polar surface area (TPSA) is 63.2 Å². The Hall–Kier alpha value is -2.21. The van der Waals surface area contributed by atoms with Crippen LogP contribution in [0.2, 0.25) is 0 Å². The number of aryl methyl sites for hydroxylation is 1. The highest BCUT2D eigenvalue weighted by molar-refractivity contribution is 7.92. The molecule has 2 aromatic rings. The van der Waals surface area contributed by atoms with Crippen molar-refractivity contribution in [3.8, 4) is 0 Å². The van der Waals surface area contributed by atoms with E-state index in [2.05, 4.69) is 4.72 Å². The molecule has 0 atom stereocenters. The van der Waals surface area contributed by atoms with Crippen molar-refractivity contribution in [3.63, 3.8) is 0 Å². The van der Waals surface area contributed by atoms with Gasteiger partial charge in [-0.05, 0) is 43.7 Å². The van der Waals surface area contributed by atoms with E-state index in [1.54, 1.807) is 19.1 Å². The first-order valence-electron chi connectivity index (χ1n) is 6.20. The van der Waals surface area contributed by atoms with Crippen molar-refractivity contribution in [2.24, 2.45) is 0 Å². The van der Waals surface area contributed by atoms with E-state index in [9.17, 15) is 17.6 Å². The number of carbonyl (C=O) groups is 1. The Bertz CT molecular complexity index is 800. The summed E-state index contributed by atoms with van der Waals surface area (Å²) in [5.74, 6) is -0.898. The molecule has 0 aliphatic rings. The minimum atomic E-state index is -3.96. The third kappa shape index (κ3) is 3.28. The number of rotatable bonds is 4. The molecule has 0 saturated carbocycles. The summed E-state index contributed by atoms with van der Waals surface area (Å²) in [5, 5.41) is 0. The molecule has 1 N–H and O–H groups in total. The smallest absolute Gasteiger partial charge is 0.262 e. The SMILES string of the molecule is CC(=O)c1ccccc1NS(=O)(=O)c1cc(F)ccc1C. The van der Waals surface area contributed by atoms with Crippen LogP contribution in [0.1, 0.15) is 22.8 Å². The molecule has 2 rings (SSSR count). The molecule has 4 nitrogen and oxygen atoms in total. The molecule has 0 heterocycles. The van der Waals surface area contributed by atoms with Crippen LogP contribution in [0.4, 0.5) is 10.1 Å². The first-order chi connectivity index (χ1) is 9.81. The van der Waals surface area contributed by atoms with Crippen molar-refractivity contribution >= 4 is 21.5 Å². The van der Waals surface area contributed by atoms with Gasteiger partial charge in [0, 0.05) is 5.56 Å². The fourth-order valence-electron chi connectivity index (χ4n) is 1.94. The van der Waals surface area contributed by atoms with Crippen LogP contribution in [-0.2, 0) is 10.0 Å². The monoisotopic (exact) mass is 307 g/mol. The normalized spacial score (nSPS) is 11.2. The summed E-state index contributed by atoms with van der Waals surface area (Å²) in [7, 11) is -3.96. The number of hydrogen-bond donors (Lipinski definition) is 1. The van der Waals surface area contributed by atoms with Gasteiger partial charge in [-0.3, -0.25) is 9.52 Å². The predicted molar refractivity (Wildman–Crippen MR) is 78.4 cm³/mol. The van der Waals surface area contributed by atoms with E-state index in [1.807, 2.05) is 0 Å². The molecule has 2 aromatic carbocycles. The molecule has 110 valence electrons. The zero-order valence-electron chi connectivity index (χ0n) is 11.6. The molecule has 0 aliphatic heterocycles. The molecule has 0 radical (unpaired) electrons. The zero-order chi connectivity index (χ0) is 15.6. The number of carbonyl (C=O) groups excluding carboxylic acids is 1. The molecule has 0 spiro atoms. The summed E-state index contributed by atoms with van der Waals surface area (Å²) in [6.45, 7) is 2.92. The second-order valence-electron chi connectivity index (χ2n) is 4.62. The van der Waals surface area contributed by atoms with E-state index in [0.29, 0.717) is 5.56 Å². The highest BCUT2D eigenvalue weighted by Gasteiger charge is 2.19. The number of benzene rings is 2. The summed E-state index contributed by atoms with van der Waals surface area (Å²) in [5.41, 5.74) is 0.855. The number of nitrogens with one attached hydrogen (secondary N) is 1. The Balaban J connectivity index is 2.48. The van der Waals surface area contributed by atoms with Crippen LogP contribution in [0, 0.1) is 12.7 Å². The third-order valence-electron chi connectivity index (χ3n) is 2.99. The quantitative estimate of drug-likeness (QED) is 0.883. The molecule has 0 saturated heterocycles. The van der Waals surface area contributed by atoms with Crippen molar-refractivity contribution in [2.45, 2.75) is 18.7 Å². The standard InChI is InChI=1S/C15H14FNO3S/c1-10-7-8-12(16)9-15(10)21(19,20)17-14-6-4-3-5-13(14)11(2)18/h3-9,17H,1-2H3. The molecule has 21 heavy (non-hydrogen) atoms. The second kappa shape index (κ2) is 5.65. The first kappa shape index (κ1) is 15.2. The molecule has 0 aromatic heterocycles. The highest BCUT2D eigenvalue weighted by atomic mass is 32.2. The van der Waals surface area contributed by atoms with E-state index in [-0.39, 0.29) is 21.9 Å². The largest absolute Gasteiger partial charge is 0.294 e. The van der Waals surface area contributed by atoms with Gasteiger partial charge in [-0.15, -0.1) is 0 Å². The Morgan fingerprint density at radius 2 is 1.81 bits per heavy atom. The van der Waals surface area contributed by atoms with E-state index in [0.717, 1.165) is 6.07 Å². The lowest BCUT2D eigenvalue weighted by atomic mass is 10.1. The summed E-state index contributed by atoms with van der Waals surface area (Å²) in [4.78, 5) is 11.4. The molecule has 0 amide bonds. The van der Waals surface area contributed by atoms with Gasteiger partial charge in [-0.1, -0.05) is 18.2 Å². The third-order valence-corrected chi connectivity index (χ3v) is 4.50. The summed E-state index contributed by atoms with van der Waals surface area (Å²) < 4.78 is 40.3. The summed E-state index contributed by atoms with van der Waals surface area (Å²) in [6, 6.07) is 9.80. The summed E-state index contributed by atoms with van der Waals surface area (Å²) >= 11 is 0. The number of anilines is 1. The van der Waals surface area contributed by atoms with Crippen LogP contribution in [0.25, 0.3) is 0 Å². The fraction of sp³-hybridized carbons (Fsp3) is 0.133. The van der Waals surface area contributed by atoms with E-state index in [4.69, 9.17) is 0 Å². The maximum atomic E-state index is 13.3. The average molecular weight is 307 g/mol. The molecule has 0 aliphatic carbocycles. The molecule has 6 heteroatoms. The van der Waals surface area contributed by atoms with Gasteiger partial charge >= 0.3 is 0 Å². The number of halogens is 1. The number of para-hydroxylation sites is 1. The van der Waals surface area contributed by atoms with Crippen molar-refractivity contribution in [3.05, 3.63) is 59.4 Å². The molecule has 0 bridgehead atoms. The molecular formula is C15H14FNO3S. The van der Waals surface area contributed by atoms with E-state index in [1.165, 1.54) is 31.2 Å². The summed E-state index contributed by atoms with van der Waals surface area (Å²) in [6.07, 6.45) is 0. The number of sulfonamides is 1. The maximum absolute atomic E-state index is 13.3. The lowest BCUT2D eigenvalue weighted by Crippen LogP contribution is -2.16. The van der Waals surface area contributed by atoms with Gasteiger partial charge < -0.3 is 0 Å². The van der Waals surface area contributed by atoms with Crippen LogP contribution in [-0.4, -0.2) is 14.2 Å². The Morgan fingerprint density at radius 3 is 2.48 bits per heavy atom. The van der Waals surface area contributed by atoms with E-state index >= 15 is 0 Å². The van der Waals surface area contributed by atoms with Gasteiger partial charge in [0.25, 0.3) is 10.0 Å². The fourth-order valence-corrected chi connectivity index (χ4v) is 3.28. The van der Waals surface area contributed by atoms with Crippen LogP contribution < -0.4 is 4.72 Å². The van der Waals surface area contributed by atoms with Crippen LogP contribution in [0.3, 0.4) is 0 Å². The molecule has 0 fully saturated rings. The average Bonchev–Trinajstić information content (AvgIpc) is 2.41.